The standard InChI is InChI=1S/C15H21N5O2/c1-18(2)14(21)10-19-6-3-11-8-20(9-12(11)15(19)22)13-7-16-4-5-17-13/h4-5,7,11-12H,3,6,8-10H2,1-2H3. The highest BCUT2D eigenvalue weighted by molar-refractivity contribution is 5.87. The lowest BCUT2D eigenvalue weighted by Crippen LogP contribution is -2.49. The van der Waals surface area contributed by atoms with Crippen LogP contribution in [0.25, 0.3) is 0 Å². The smallest absolute Gasteiger partial charge is 0.241 e. The predicted octanol–water partition coefficient (Wildman–Crippen LogP) is -0.151. The molecule has 2 fully saturated rings. The minimum Gasteiger partial charge on any atom is -0.354 e. The summed E-state index contributed by atoms with van der Waals surface area (Å²) in [6.45, 7) is 2.34. The summed E-state index contributed by atoms with van der Waals surface area (Å²) in [5.41, 5.74) is 0. The van der Waals surface area contributed by atoms with Crippen LogP contribution in [0.5, 0.6) is 0 Å². The van der Waals surface area contributed by atoms with E-state index in [1.165, 1.54) is 4.90 Å². The summed E-state index contributed by atoms with van der Waals surface area (Å²) >= 11 is 0. The third kappa shape index (κ3) is 2.75. The number of carbonyl (C=O) groups excluding carboxylic acids is 2. The van der Waals surface area contributed by atoms with Crippen molar-refractivity contribution in [1.29, 1.82) is 0 Å². The Morgan fingerprint density at radius 3 is 2.86 bits per heavy atom. The van der Waals surface area contributed by atoms with Crippen molar-refractivity contribution in [3.8, 4) is 0 Å². The first kappa shape index (κ1) is 14.7. The van der Waals surface area contributed by atoms with E-state index in [1.807, 2.05) is 0 Å². The first-order valence-electron chi connectivity index (χ1n) is 7.56. The summed E-state index contributed by atoms with van der Waals surface area (Å²) in [5, 5.41) is 0. The topological polar surface area (TPSA) is 69.6 Å². The number of rotatable bonds is 3. The van der Waals surface area contributed by atoms with Gasteiger partial charge in [0.1, 0.15) is 5.82 Å². The number of nitrogens with zero attached hydrogens (tertiary/aromatic N) is 5. The summed E-state index contributed by atoms with van der Waals surface area (Å²) < 4.78 is 0. The van der Waals surface area contributed by atoms with Crippen molar-refractivity contribution in [2.75, 3.05) is 45.2 Å². The van der Waals surface area contributed by atoms with Crippen LogP contribution in [0.15, 0.2) is 18.6 Å². The number of likely N-dealkylation sites (tertiary alicyclic amines) is 1. The Balaban J connectivity index is 1.67. The molecule has 2 unspecified atom stereocenters. The van der Waals surface area contributed by atoms with E-state index in [2.05, 4.69) is 14.9 Å². The number of fused-ring (bicyclic) bond motifs is 1. The van der Waals surface area contributed by atoms with Gasteiger partial charge in [-0.05, 0) is 12.3 Å². The fourth-order valence-electron chi connectivity index (χ4n) is 3.21. The van der Waals surface area contributed by atoms with Gasteiger partial charge in [-0.15, -0.1) is 0 Å². The van der Waals surface area contributed by atoms with Gasteiger partial charge in [0.25, 0.3) is 0 Å². The lowest BCUT2D eigenvalue weighted by Gasteiger charge is -2.33. The van der Waals surface area contributed by atoms with E-state index in [-0.39, 0.29) is 24.3 Å². The van der Waals surface area contributed by atoms with Crippen LogP contribution in [0.4, 0.5) is 5.82 Å². The van der Waals surface area contributed by atoms with Crippen LogP contribution in [0.3, 0.4) is 0 Å². The van der Waals surface area contributed by atoms with E-state index in [1.54, 1.807) is 37.6 Å². The molecule has 1 aromatic rings. The van der Waals surface area contributed by atoms with Gasteiger partial charge in [-0.2, -0.15) is 0 Å². The molecule has 0 aromatic carbocycles. The molecule has 0 radical (unpaired) electrons. The number of carbonyl (C=O) groups is 2. The number of hydrogen-bond acceptors (Lipinski definition) is 5. The largest absolute Gasteiger partial charge is 0.354 e. The third-order valence-electron chi connectivity index (χ3n) is 4.54. The van der Waals surface area contributed by atoms with Gasteiger partial charge in [-0.1, -0.05) is 0 Å². The first-order chi connectivity index (χ1) is 10.6. The second kappa shape index (κ2) is 5.90. The Hall–Kier alpha value is -2.18. The van der Waals surface area contributed by atoms with Crippen LogP contribution >= 0.6 is 0 Å². The van der Waals surface area contributed by atoms with E-state index in [4.69, 9.17) is 0 Å². The van der Waals surface area contributed by atoms with E-state index >= 15 is 0 Å². The molecule has 2 amide bonds. The van der Waals surface area contributed by atoms with Crippen molar-refractivity contribution in [2.45, 2.75) is 6.42 Å². The molecule has 0 saturated carbocycles. The van der Waals surface area contributed by atoms with Gasteiger partial charge in [0.2, 0.25) is 11.8 Å². The monoisotopic (exact) mass is 303 g/mol. The summed E-state index contributed by atoms with van der Waals surface area (Å²) in [6, 6.07) is 0. The van der Waals surface area contributed by atoms with Crippen molar-refractivity contribution in [3.05, 3.63) is 18.6 Å². The maximum Gasteiger partial charge on any atom is 0.241 e. The SMILES string of the molecule is CN(C)C(=O)CN1CCC2CN(c3cnccn3)CC2C1=O. The van der Waals surface area contributed by atoms with Crippen LogP contribution in [0.1, 0.15) is 6.42 Å². The zero-order valence-electron chi connectivity index (χ0n) is 13.0. The van der Waals surface area contributed by atoms with Gasteiger partial charge in [0, 0.05) is 46.1 Å². The predicted molar refractivity (Wildman–Crippen MR) is 81.1 cm³/mol. The lowest BCUT2D eigenvalue weighted by molar-refractivity contribution is -0.145. The molecular weight excluding hydrogens is 282 g/mol. The zero-order valence-corrected chi connectivity index (χ0v) is 13.0. The van der Waals surface area contributed by atoms with Crippen molar-refractivity contribution < 1.29 is 9.59 Å². The highest BCUT2D eigenvalue weighted by Crippen LogP contribution is 2.33. The zero-order chi connectivity index (χ0) is 15.7. The van der Waals surface area contributed by atoms with Crippen LogP contribution in [-0.2, 0) is 9.59 Å². The molecule has 0 bridgehead atoms. The minimum absolute atomic E-state index is 0.0319. The molecule has 22 heavy (non-hydrogen) atoms. The number of amides is 2. The maximum absolute atomic E-state index is 12.6. The normalized spacial score (nSPS) is 24.4. The molecule has 0 aliphatic carbocycles. The summed E-state index contributed by atoms with van der Waals surface area (Å²) in [6.07, 6.45) is 5.98. The molecule has 7 heteroatoms. The highest BCUT2D eigenvalue weighted by Gasteiger charge is 2.43. The number of hydrogen-bond donors (Lipinski definition) is 0. The van der Waals surface area contributed by atoms with E-state index in [0.29, 0.717) is 19.0 Å². The van der Waals surface area contributed by atoms with E-state index in [0.717, 1.165) is 18.8 Å². The van der Waals surface area contributed by atoms with E-state index in [9.17, 15) is 9.59 Å². The number of piperidine rings is 1. The van der Waals surface area contributed by atoms with Crippen molar-refractivity contribution >= 4 is 17.6 Å². The summed E-state index contributed by atoms with van der Waals surface area (Å²) in [4.78, 5) is 38.2. The molecule has 3 rings (SSSR count). The van der Waals surface area contributed by atoms with Crippen LogP contribution in [0, 0.1) is 11.8 Å². The van der Waals surface area contributed by atoms with Gasteiger partial charge in [0.05, 0.1) is 18.7 Å². The first-order valence-corrected chi connectivity index (χ1v) is 7.56. The number of aromatic nitrogens is 2. The average Bonchev–Trinajstić information content (AvgIpc) is 2.96. The molecule has 2 aliphatic heterocycles. The van der Waals surface area contributed by atoms with Gasteiger partial charge in [-0.3, -0.25) is 14.6 Å². The molecule has 3 heterocycles. The number of anilines is 1. The Bertz CT molecular complexity index is 562. The van der Waals surface area contributed by atoms with Crippen molar-refractivity contribution in [2.24, 2.45) is 11.8 Å². The second-order valence-electron chi connectivity index (χ2n) is 6.17. The van der Waals surface area contributed by atoms with Crippen LogP contribution in [-0.4, -0.2) is 71.9 Å². The molecule has 1 aromatic heterocycles. The Morgan fingerprint density at radius 2 is 2.18 bits per heavy atom. The third-order valence-corrected chi connectivity index (χ3v) is 4.54. The van der Waals surface area contributed by atoms with Crippen molar-refractivity contribution in [1.82, 2.24) is 19.8 Å². The molecular formula is C15H21N5O2. The van der Waals surface area contributed by atoms with Gasteiger partial charge in [-0.25, -0.2) is 4.98 Å². The van der Waals surface area contributed by atoms with Gasteiger partial charge in [0.15, 0.2) is 0 Å². The number of likely N-dealkylation sites (N-methyl/N-ethyl adjacent to an activating group) is 1. The molecule has 2 saturated heterocycles. The van der Waals surface area contributed by atoms with Crippen LogP contribution < -0.4 is 4.90 Å². The van der Waals surface area contributed by atoms with Crippen molar-refractivity contribution in [3.63, 3.8) is 0 Å². The highest BCUT2D eigenvalue weighted by atomic mass is 16.2. The van der Waals surface area contributed by atoms with Gasteiger partial charge < -0.3 is 14.7 Å². The molecule has 0 spiro atoms. The maximum atomic E-state index is 12.6. The average molecular weight is 303 g/mol. The Morgan fingerprint density at radius 1 is 1.36 bits per heavy atom. The molecule has 118 valence electrons. The fraction of sp³-hybridized carbons (Fsp3) is 0.600. The minimum atomic E-state index is -0.0364. The molecule has 7 nitrogen and oxygen atoms in total. The lowest BCUT2D eigenvalue weighted by atomic mass is 9.88. The van der Waals surface area contributed by atoms with Crippen LogP contribution in [0.2, 0.25) is 0 Å². The van der Waals surface area contributed by atoms with Gasteiger partial charge >= 0.3 is 0 Å². The quantitative estimate of drug-likeness (QED) is 0.777. The molecule has 0 N–H and O–H groups in total. The second-order valence-corrected chi connectivity index (χ2v) is 6.17. The summed E-state index contributed by atoms with van der Waals surface area (Å²) in [5.74, 6) is 1.19. The van der Waals surface area contributed by atoms with E-state index < -0.39 is 0 Å². The molecule has 2 atom stereocenters. The fourth-order valence-corrected chi connectivity index (χ4v) is 3.21. The Kier molecular flexibility index (Phi) is 3.96. The Labute approximate surface area is 129 Å². The molecule has 2 aliphatic rings. The summed E-state index contributed by atoms with van der Waals surface area (Å²) in [7, 11) is 3.43.